The Bertz CT molecular complexity index is 440. The predicted molar refractivity (Wildman–Crippen MR) is 74.4 cm³/mol. The summed E-state index contributed by atoms with van der Waals surface area (Å²) >= 11 is 1.24. The van der Waals surface area contributed by atoms with Crippen LogP contribution in [0.2, 0.25) is 0 Å². The van der Waals surface area contributed by atoms with Gasteiger partial charge in [-0.05, 0) is 18.8 Å². The zero-order chi connectivity index (χ0) is 13.8. The lowest BCUT2D eigenvalue weighted by atomic mass is 9.99. The van der Waals surface area contributed by atoms with Gasteiger partial charge >= 0.3 is 0 Å². The van der Waals surface area contributed by atoms with E-state index in [9.17, 15) is 4.79 Å². The van der Waals surface area contributed by atoms with Crippen LogP contribution in [0.25, 0.3) is 0 Å². The van der Waals surface area contributed by atoms with Crippen LogP contribution in [0.1, 0.15) is 19.8 Å². The molecule has 0 spiro atoms. The highest BCUT2D eigenvalue weighted by molar-refractivity contribution is 7.99. The van der Waals surface area contributed by atoms with Crippen LogP contribution in [0.5, 0.6) is 0 Å². The van der Waals surface area contributed by atoms with Gasteiger partial charge in [-0.1, -0.05) is 18.7 Å². The molecule has 0 aromatic carbocycles. The van der Waals surface area contributed by atoms with E-state index < -0.39 is 0 Å². The minimum atomic E-state index is 0.0780. The molecule has 0 radical (unpaired) electrons. The number of nitrogens with zero attached hydrogens (tertiary/aromatic N) is 4. The number of nitrogens with two attached hydrogens (primary N) is 2. The second-order valence-corrected chi connectivity index (χ2v) is 5.63. The molecule has 0 saturated carbocycles. The number of amides is 1. The summed E-state index contributed by atoms with van der Waals surface area (Å²) in [6, 6.07) is 0. The number of rotatable bonds is 3. The largest absolute Gasteiger partial charge is 0.368 e. The zero-order valence-electron chi connectivity index (χ0n) is 10.9. The van der Waals surface area contributed by atoms with Crippen molar-refractivity contribution in [1.82, 2.24) is 19.9 Å². The third kappa shape index (κ3) is 3.95. The number of carbonyl (C=O) groups excluding carboxylic acids is 1. The van der Waals surface area contributed by atoms with E-state index in [0.29, 0.717) is 16.8 Å². The van der Waals surface area contributed by atoms with Gasteiger partial charge in [-0.25, -0.2) is 0 Å². The number of anilines is 2. The third-order valence-corrected chi connectivity index (χ3v) is 3.94. The Labute approximate surface area is 116 Å². The molecule has 0 unspecified atom stereocenters. The first-order valence-corrected chi connectivity index (χ1v) is 7.20. The fourth-order valence-electron chi connectivity index (χ4n) is 1.93. The molecular formula is C11H18N6OS. The highest BCUT2D eigenvalue weighted by Gasteiger charge is 2.20. The molecule has 0 atom stereocenters. The van der Waals surface area contributed by atoms with Crippen LogP contribution in [-0.4, -0.2) is 44.6 Å². The summed E-state index contributed by atoms with van der Waals surface area (Å²) in [5.74, 6) is 1.27. The van der Waals surface area contributed by atoms with Crippen molar-refractivity contribution in [2.24, 2.45) is 5.92 Å². The Morgan fingerprint density at radius 1 is 1.26 bits per heavy atom. The summed E-state index contributed by atoms with van der Waals surface area (Å²) in [5.41, 5.74) is 10.9. The van der Waals surface area contributed by atoms with Gasteiger partial charge in [0.2, 0.25) is 17.8 Å². The summed E-state index contributed by atoms with van der Waals surface area (Å²) < 4.78 is 0. The third-order valence-electron chi connectivity index (χ3n) is 3.11. The highest BCUT2D eigenvalue weighted by atomic mass is 32.2. The first-order valence-electron chi connectivity index (χ1n) is 6.22. The Morgan fingerprint density at radius 2 is 1.84 bits per heavy atom. The summed E-state index contributed by atoms with van der Waals surface area (Å²) in [6.07, 6.45) is 2.14. The van der Waals surface area contributed by atoms with Crippen molar-refractivity contribution in [2.45, 2.75) is 24.9 Å². The summed E-state index contributed by atoms with van der Waals surface area (Å²) in [4.78, 5) is 25.5. The SMILES string of the molecule is CC1CCN(C(=O)CSc2nc(N)nc(N)n2)CC1. The number of hydrogen-bond acceptors (Lipinski definition) is 7. The van der Waals surface area contributed by atoms with E-state index in [1.165, 1.54) is 11.8 Å². The molecule has 1 fully saturated rings. The average Bonchev–Trinajstić information content (AvgIpc) is 2.36. The molecule has 8 heteroatoms. The number of nitrogen functional groups attached to an aromatic ring is 2. The van der Waals surface area contributed by atoms with E-state index >= 15 is 0 Å². The van der Waals surface area contributed by atoms with Gasteiger partial charge in [-0.3, -0.25) is 4.79 Å². The van der Waals surface area contributed by atoms with Gasteiger partial charge in [0.1, 0.15) is 0 Å². The summed E-state index contributed by atoms with van der Waals surface area (Å²) in [5, 5.41) is 0.392. The maximum Gasteiger partial charge on any atom is 0.233 e. The Balaban J connectivity index is 1.86. The molecule has 1 aliphatic rings. The first-order chi connectivity index (χ1) is 9.04. The van der Waals surface area contributed by atoms with E-state index in [1.807, 2.05) is 4.90 Å². The predicted octanol–water partition coefficient (Wildman–Crippen LogP) is 0.387. The molecule has 1 saturated heterocycles. The topological polar surface area (TPSA) is 111 Å². The molecule has 2 rings (SSSR count). The van der Waals surface area contributed by atoms with Crippen LogP contribution in [-0.2, 0) is 4.79 Å². The van der Waals surface area contributed by atoms with Gasteiger partial charge in [-0.2, -0.15) is 15.0 Å². The van der Waals surface area contributed by atoms with Gasteiger partial charge in [0, 0.05) is 13.1 Å². The lowest BCUT2D eigenvalue weighted by Gasteiger charge is -2.30. The molecule has 0 bridgehead atoms. The van der Waals surface area contributed by atoms with Crippen LogP contribution >= 0.6 is 11.8 Å². The van der Waals surface area contributed by atoms with Crippen LogP contribution in [0, 0.1) is 5.92 Å². The van der Waals surface area contributed by atoms with E-state index in [2.05, 4.69) is 21.9 Å². The first kappa shape index (κ1) is 13.9. The number of hydrogen-bond donors (Lipinski definition) is 2. The minimum Gasteiger partial charge on any atom is -0.368 e. The van der Waals surface area contributed by atoms with Crippen molar-refractivity contribution in [3.8, 4) is 0 Å². The van der Waals surface area contributed by atoms with Gasteiger partial charge in [0.15, 0.2) is 5.16 Å². The second kappa shape index (κ2) is 6.05. The molecule has 1 aliphatic heterocycles. The fraction of sp³-hybridized carbons (Fsp3) is 0.636. The van der Waals surface area contributed by atoms with Crippen LogP contribution < -0.4 is 11.5 Å². The van der Waals surface area contributed by atoms with E-state index in [0.717, 1.165) is 25.9 Å². The summed E-state index contributed by atoms with van der Waals surface area (Å²) in [6.45, 7) is 3.89. The lowest BCUT2D eigenvalue weighted by Crippen LogP contribution is -2.38. The Hall–Kier alpha value is -1.57. The molecule has 19 heavy (non-hydrogen) atoms. The number of carbonyl (C=O) groups is 1. The number of thioether (sulfide) groups is 1. The Morgan fingerprint density at radius 3 is 2.42 bits per heavy atom. The van der Waals surface area contributed by atoms with Gasteiger partial charge in [-0.15, -0.1) is 0 Å². The van der Waals surface area contributed by atoms with Crippen molar-refractivity contribution < 1.29 is 4.79 Å². The van der Waals surface area contributed by atoms with Crippen LogP contribution in [0.15, 0.2) is 5.16 Å². The molecule has 104 valence electrons. The molecule has 1 aromatic heterocycles. The molecular weight excluding hydrogens is 264 g/mol. The number of likely N-dealkylation sites (tertiary alicyclic amines) is 1. The standard InChI is InChI=1S/C11H18N6OS/c1-7-2-4-17(5-3-7)8(18)6-19-11-15-9(12)14-10(13)16-11/h7H,2-6H2,1H3,(H4,12,13,14,15,16). The quantitative estimate of drug-likeness (QED) is 0.771. The number of piperidine rings is 1. The zero-order valence-corrected chi connectivity index (χ0v) is 11.7. The molecule has 0 aliphatic carbocycles. The maximum absolute atomic E-state index is 12.0. The van der Waals surface area contributed by atoms with E-state index in [1.54, 1.807) is 0 Å². The monoisotopic (exact) mass is 282 g/mol. The van der Waals surface area contributed by atoms with Crippen molar-refractivity contribution in [2.75, 3.05) is 30.3 Å². The second-order valence-electron chi connectivity index (χ2n) is 4.69. The van der Waals surface area contributed by atoms with Crippen molar-refractivity contribution >= 4 is 29.6 Å². The van der Waals surface area contributed by atoms with E-state index in [-0.39, 0.29) is 17.8 Å². The fourth-order valence-corrected chi connectivity index (χ4v) is 2.68. The highest BCUT2D eigenvalue weighted by Crippen LogP contribution is 2.19. The van der Waals surface area contributed by atoms with Gasteiger partial charge in [0.05, 0.1) is 5.75 Å². The van der Waals surface area contributed by atoms with Gasteiger partial charge < -0.3 is 16.4 Å². The molecule has 1 aromatic rings. The lowest BCUT2D eigenvalue weighted by molar-refractivity contribution is -0.129. The summed E-state index contributed by atoms with van der Waals surface area (Å²) in [7, 11) is 0. The van der Waals surface area contributed by atoms with Crippen molar-refractivity contribution in [3.05, 3.63) is 0 Å². The molecule has 2 heterocycles. The Kier molecular flexibility index (Phi) is 4.41. The maximum atomic E-state index is 12.0. The van der Waals surface area contributed by atoms with E-state index in [4.69, 9.17) is 11.5 Å². The smallest absolute Gasteiger partial charge is 0.233 e. The van der Waals surface area contributed by atoms with Crippen molar-refractivity contribution in [3.63, 3.8) is 0 Å². The normalized spacial score (nSPS) is 16.6. The number of aromatic nitrogens is 3. The minimum absolute atomic E-state index is 0.0780. The van der Waals surface area contributed by atoms with Crippen LogP contribution in [0.4, 0.5) is 11.9 Å². The van der Waals surface area contributed by atoms with Crippen LogP contribution in [0.3, 0.4) is 0 Å². The average molecular weight is 282 g/mol. The van der Waals surface area contributed by atoms with Crippen molar-refractivity contribution in [1.29, 1.82) is 0 Å². The molecule has 7 nitrogen and oxygen atoms in total. The molecule has 1 amide bonds. The van der Waals surface area contributed by atoms with Gasteiger partial charge in [0.25, 0.3) is 0 Å². The molecule has 4 N–H and O–H groups in total.